The molecule has 1 aromatic rings. The lowest BCUT2D eigenvalue weighted by Crippen LogP contribution is -2.44. The highest BCUT2D eigenvalue weighted by atomic mass is 35.5. The number of hydrogen-bond acceptors (Lipinski definition) is 4. The highest BCUT2D eigenvalue weighted by molar-refractivity contribution is 6.31. The quantitative estimate of drug-likeness (QED) is 0.736. The van der Waals surface area contributed by atoms with Crippen LogP contribution in [0, 0.1) is 5.82 Å². The third kappa shape index (κ3) is 5.28. The largest absolute Gasteiger partial charge is 0.443 e. The van der Waals surface area contributed by atoms with Gasteiger partial charge in [0.05, 0.1) is 16.3 Å². The van der Waals surface area contributed by atoms with Crippen molar-refractivity contribution in [1.82, 2.24) is 10.9 Å². The van der Waals surface area contributed by atoms with E-state index in [1.807, 2.05) is 0 Å². The maximum atomic E-state index is 13.6. The van der Waals surface area contributed by atoms with E-state index in [0.717, 1.165) is 12.8 Å². The molecule has 23 heavy (non-hydrogen) atoms. The highest BCUT2D eigenvalue weighted by Gasteiger charge is 2.25. The van der Waals surface area contributed by atoms with E-state index in [1.54, 1.807) is 20.8 Å². The normalized spacial score (nSPS) is 14.1. The third-order valence-electron chi connectivity index (χ3n) is 2.92. The van der Waals surface area contributed by atoms with Gasteiger partial charge in [-0.3, -0.25) is 10.2 Å². The minimum atomic E-state index is -0.796. The summed E-state index contributed by atoms with van der Waals surface area (Å²) in [7, 11) is 0. The van der Waals surface area contributed by atoms with Gasteiger partial charge in [0.1, 0.15) is 11.4 Å². The molecule has 0 atom stereocenters. The van der Waals surface area contributed by atoms with Crippen LogP contribution in [0.4, 0.5) is 14.9 Å². The van der Waals surface area contributed by atoms with E-state index in [0.29, 0.717) is 5.69 Å². The minimum absolute atomic E-state index is 0.138. The number of halogens is 2. The summed E-state index contributed by atoms with van der Waals surface area (Å²) in [6.45, 7) is 5.10. The smallest absolute Gasteiger partial charge is 0.426 e. The Morgan fingerprint density at radius 1 is 1.26 bits per heavy atom. The van der Waals surface area contributed by atoms with Crippen molar-refractivity contribution < 1.29 is 18.7 Å². The molecule has 1 aromatic carbocycles. The van der Waals surface area contributed by atoms with Gasteiger partial charge in [-0.15, -0.1) is 0 Å². The molecule has 3 N–H and O–H groups in total. The monoisotopic (exact) mass is 343 g/mol. The number of nitrogens with one attached hydrogen (secondary N) is 3. The molecule has 2 amide bonds. The highest BCUT2D eigenvalue weighted by Crippen LogP contribution is 2.30. The maximum Gasteiger partial charge on any atom is 0.426 e. The van der Waals surface area contributed by atoms with Gasteiger partial charge >= 0.3 is 6.09 Å². The van der Waals surface area contributed by atoms with Gasteiger partial charge in [0.2, 0.25) is 0 Å². The minimum Gasteiger partial charge on any atom is -0.443 e. The molecule has 0 saturated heterocycles. The molecule has 8 heteroatoms. The second-order valence-corrected chi connectivity index (χ2v) is 6.72. The van der Waals surface area contributed by atoms with E-state index < -0.39 is 23.4 Å². The first kappa shape index (κ1) is 17.3. The van der Waals surface area contributed by atoms with E-state index >= 15 is 0 Å². The summed E-state index contributed by atoms with van der Waals surface area (Å²) in [5.41, 5.74) is 4.14. The van der Waals surface area contributed by atoms with Crippen molar-refractivity contribution in [2.75, 3.05) is 5.32 Å². The Hall–Kier alpha value is -2.02. The fraction of sp³-hybridized carbons (Fsp3) is 0.467. The van der Waals surface area contributed by atoms with Crippen LogP contribution in [-0.4, -0.2) is 23.6 Å². The van der Waals surface area contributed by atoms with Gasteiger partial charge in [-0.1, -0.05) is 11.6 Å². The Bertz CT molecular complexity index is 627. The molecule has 1 saturated carbocycles. The molecule has 0 aliphatic heterocycles. The summed E-state index contributed by atoms with van der Waals surface area (Å²) in [4.78, 5) is 23.7. The number of carbonyl (C=O) groups is 2. The van der Waals surface area contributed by atoms with Crippen LogP contribution >= 0.6 is 11.6 Å². The van der Waals surface area contributed by atoms with Crippen LogP contribution in [0.25, 0.3) is 0 Å². The zero-order valence-electron chi connectivity index (χ0n) is 13.1. The van der Waals surface area contributed by atoms with E-state index in [-0.39, 0.29) is 16.6 Å². The van der Waals surface area contributed by atoms with Crippen LogP contribution < -0.4 is 16.2 Å². The summed E-state index contributed by atoms with van der Waals surface area (Å²) >= 11 is 5.74. The molecule has 0 bridgehead atoms. The number of hydrogen-bond donors (Lipinski definition) is 3. The molecule has 6 nitrogen and oxygen atoms in total. The van der Waals surface area contributed by atoms with E-state index in [9.17, 15) is 14.0 Å². The van der Waals surface area contributed by atoms with Crippen molar-refractivity contribution >= 4 is 29.3 Å². The lowest BCUT2D eigenvalue weighted by Gasteiger charge is -2.20. The van der Waals surface area contributed by atoms with Crippen LogP contribution in [0.1, 0.15) is 44.0 Å². The Kier molecular flexibility index (Phi) is 4.99. The molecule has 0 spiro atoms. The fourth-order valence-electron chi connectivity index (χ4n) is 1.78. The molecule has 126 valence electrons. The lowest BCUT2D eigenvalue weighted by atomic mass is 10.1. The van der Waals surface area contributed by atoms with E-state index in [2.05, 4.69) is 16.2 Å². The summed E-state index contributed by atoms with van der Waals surface area (Å²) < 4.78 is 18.6. The predicted molar refractivity (Wildman–Crippen MR) is 84.9 cm³/mol. The summed E-state index contributed by atoms with van der Waals surface area (Å²) in [6.07, 6.45) is 1.12. The zero-order chi connectivity index (χ0) is 17.2. The topological polar surface area (TPSA) is 79.5 Å². The van der Waals surface area contributed by atoms with Gasteiger partial charge in [-0.2, -0.15) is 0 Å². The first-order chi connectivity index (χ1) is 10.7. The Morgan fingerprint density at radius 2 is 1.91 bits per heavy atom. The van der Waals surface area contributed by atoms with Crippen molar-refractivity contribution in [3.05, 3.63) is 28.5 Å². The molecular formula is C15H19ClFN3O3. The molecule has 1 aliphatic carbocycles. The standard InChI is InChI=1S/C15H19ClFN3O3/c1-15(2,3)23-14(22)20-19-13(21)9-6-10(16)11(17)7-12(9)18-8-4-5-8/h6-8,18H,4-5H2,1-3H3,(H,19,21)(H,20,22). The van der Waals surface area contributed by atoms with Crippen LogP contribution in [0.2, 0.25) is 5.02 Å². The third-order valence-corrected chi connectivity index (χ3v) is 3.21. The van der Waals surface area contributed by atoms with Crippen LogP contribution in [0.15, 0.2) is 12.1 Å². The fourth-order valence-corrected chi connectivity index (χ4v) is 1.94. The van der Waals surface area contributed by atoms with Gasteiger partial charge in [0.15, 0.2) is 0 Å². The second-order valence-electron chi connectivity index (χ2n) is 6.31. The molecule has 1 aliphatic rings. The molecule has 1 fully saturated rings. The Labute approximate surface area is 138 Å². The van der Waals surface area contributed by atoms with Crippen LogP contribution in [0.5, 0.6) is 0 Å². The first-order valence-electron chi connectivity index (χ1n) is 7.20. The second kappa shape index (κ2) is 6.62. The Morgan fingerprint density at radius 3 is 2.48 bits per heavy atom. The van der Waals surface area contributed by atoms with Crippen molar-refractivity contribution in [3.8, 4) is 0 Å². The van der Waals surface area contributed by atoms with E-state index in [1.165, 1.54) is 12.1 Å². The van der Waals surface area contributed by atoms with Crippen molar-refractivity contribution in [2.45, 2.75) is 45.3 Å². The van der Waals surface area contributed by atoms with Gasteiger partial charge in [0.25, 0.3) is 5.91 Å². The average Bonchev–Trinajstić information content (AvgIpc) is 3.22. The Balaban J connectivity index is 2.05. The summed E-state index contributed by atoms with van der Waals surface area (Å²) in [5, 5.41) is 2.88. The van der Waals surface area contributed by atoms with Crippen molar-refractivity contribution in [3.63, 3.8) is 0 Å². The number of rotatable bonds is 3. The lowest BCUT2D eigenvalue weighted by molar-refractivity contribution is 0.0483. The maximum absolute atomic E-state index is 13.6. The van der Waals surface area contributed by atoms with Crippen LogP contribution in [0.3, 0.4) is 0 Å². The molecule has 0 aromatic heterocycles. The molecule has 0 heterocycles. The zero-order valence-corrected chi connectivity index (χ0v) is 13.9. The number of amides is 2. The SMILES string of the molecule is CC(C)(C)OC(=O)NNC(=O)c1cc(Cl)c(F)cc1NC1CC1. The van der Waals surface area contributed by atoms with Crippen molar-refractivity contribution in [1.29, 1.82) is 0 Å². The average molecular weight is 344 g/mol. The van der Waals surface area contributed by atoms with Gasteiger partial charge < -0.3 is 10.1 Å². The number of hydrazine groups is 1. The van der Waals surface area contributed by atoms with Gasteiger partial charge in [-0.05, 0) is 45.7 Å². The number of carbonyl (C=O) groups excluding carboxylic acids is 2. The summed E-state index contributed by atoms with van der Waals surface area (Å²) in [6, 6.07) is 2.61. The molecule has 0 unspecified atom stereocenters. The van der Waals surface area contributed by atoms with Crippen molar-refractivity contribution in [2.24, 2.45) is 0 Å². The predicted octanol–water partition coefficient (Wildman–Crippen LogP) is 3.22. The summed E-state index contributed by atoms with van der Waals surface area (Å²) in [5.74, 6) is -1.24. The number of anilines is 1. The van der Waals surface area contributed by atoms with Gasteiger partial charge in [0, 0.05) is 6.04 Å². The molecule has 2 rings (SSSR count). The number of ether oxygens (including phenoxy) is 1. The van der Waals surface area contributed by atoms with Gasteiger partial charge in [-0.25, -0.2) is 14.6 Å². The first-order valence-corrected chi connectivity index (χ1v) is 7.58. The number of benzene rings is 1. The van der Waals surface area contributed by atoms with Crippen LogP contribution in [-0.2, 0) is 4.74 Å². The molecular weight excluding hydrogens is 325 g/mol. The molecule has 0 radical (unpaired) electrons. The van der Waals surface area contributed by atoms with E-state index in [4.69, 9.17) is 16.3 Å².